The predicted molar refractivity (Wildman–Crippen MR) is 103 cm³/mol. The third kappa shape index (κ3) is 4.58. The van der Waals surface area contributed by atoms with Crippen LogP contribution in [0.3, 0.4) is 0 Å². The monoisotopic (exact) mass is 367 g/mol. The molecule has 1 saturated heterocycles. The van der Waals surface area contributed by atoms with Crippen molar-refractivity contribution in [2.45, 2.75) is 32.4 Å². The molecule has 1 fully saturated rings. The Morgan fingerprint density at radius 1 is 1.15 bits per heavy atom. The standard InChI is InChI=1S/C21H25N3O3/c1-2-27-18-11-9-16(10-12-18)19-4-3-13-24(19)20(25)17-7-5-15(6-8-17)14-23-21(22)26/h5-12,19H,2-4,13-14H2,1H3,(H3,22,23,26). The SMILES string of the molecule is CCOc1ccc(C2CCCN2C(=O)c2ccc(CNC(N)=O)cc2)cc1. The van der Waals surface area contributed by atoms with Gasteiger partial charge in [-0.05, 0) is 55.2 Å². The van der Waals surface area contributed by atoms with Crippen LogP contribution in [0.2, 0.25) is 0 Å². The zero-order chi connectivity index (χ0) is 19.2. The van der Waals surface area contributed by atoms with E-state index in [0.29, 0.717) is 18.7 Å². The lowest BCUT2D eigenvalue weighted by atomic mass is 10.0. The first kappa shape index (κ1) is 18.8. The third-order valence-electron chi connectivity index (χ3n) is 4.76. The molecule has 6 nitrogen and oxygen atoms in total. The molecule has 2 aromatic rings. The van der Waals surface area contributed by atoms with Crippen molar-refractivity contribution in [3.63, 3.8) is 0 Å². The van der Waals surface area contributed by atoms with Crippen LogP contribution < -0.4 is 15.8 Å². The fourth-order valence-corrected chi connectivity index (χ4v) is 3.43. The van der Waals surface area contributed by atoms with Gasteiger partial charge in [0.1, 0.15) is 5.75 Å². The molecule has 1 atom stereocenters. The lowest BCUT2D eigenvalue weighted by Crippen LogP contribution is -2.30. The summed E-state index contributed by atoms with van der Waals surface area (Å²) in [5.41, 5.74) is 7.76. The number of nitrogens with two attached hydrogens (primary N) is 1. The number of ether oxygens (including phenoxy) is 1. The van der Waals surface area contributed by atoms with Gasteiger partial charge < -0.3 is 20.7 Å². The second kappa shape index (κ2) is 8.58. The molecular formula is C21H25N3O3. The minimum absolute atomic E-state index is 0.0285. The zero-order valence-corrected chi connectivity index (χ0v) is 15.5. The van der Waals surface area contributed by atoms with E-state index >= 15 is 0 Å². The molecule has 142 valence electrons. The number of benzene rings is 2. The highest BCUT2D eigenvalue weighted by atomic mass is 16.5. The van der Waals surface area contributed by atoms with Crippen molar-refractivity contribution in [2.75, 3.05) is 13.2 Å². The van der Waals surface area contributed by atoms with E-state index in [-0.39, 0.29) is 11.9 Å². The van der Waals surface area contributed by atoms with Gasteiger partial charge in [-0.3, -0.25) is 4.79 Å². The lowest BCUT2D eigenvalue weighted by Gasteiger charge is -2.25. The Morgan fingerprint density at radius 3 is 2.48 bits per heavy atom. The van der Waals surface area contributed by atoms with E-state index in [2.05, 4.69) is 5.32 Å². The molecular weight excluding hydrogens is 342 g/mol. The van der Waals surface area contributed by atoms with E-state index in [1.807, 2.05) is 48.2 Å². The van der Waals surface area contributed by atoms with E-state index in [1.54, 1.807) is 12.1 Å². The van der Waals surface area contributed by atoms with Gasteiger partial charge in [-0.2, -0.15) is 0 Å². The summed E-state index contributed by atoms with van der Waals surface area (Å²) in [5.74, 6) is 0.873. The Morgan fingerprint density at radius 2 is 1.85 bits per heavy atom. The van der Waals surface area contributed by atoms with E-state index in [4.69, 9.17) is 10.5 Å². The van der Waals surface area contributed by atoms with Crippen LogP contribution in [0, 0.1) is 0 Å². The molecule has 27 heavy (non-hydrogen) atoms. The van der Waals surface area contributed by atoms with Crippen molar-refractivity contribution in [3.8, 4) is 5.75 Å². The molecule has 1 aliphatic rings. The van der Waals surface area contributed by atoms with E-state index < -0.39 is 6.03 Å². The van der Waals surface area contributed by atoms with E-state index in [0.717, 1.165) is 36.3 Å². The van der Waals surface area contributed by atoms with Crippen molar-refractivity contribution in [1.29, 1.82) is 0 Å². The second-order valence-corrected chi connectivity index (χ2v) is 6.57. The number of rotatable bonds is 6. The zero-order valence-electron chi connectivity index (χ0n) is 15.5. The first-order valence-corrected chi connectivity index (χ1v) is 9.24. The summed E-state index contributed by atoms with van der Waals surface area (Å²) in [6, 6.07) is 14.8. The first-order chi connectivity index (χ1) is 13.1. The Kier molecular flexibility index (Phi) is 5.96. The molecule has 2 aromatic carbocycles. The summed E-state index contributed by atoms with van der Waals surface area (Å²) in [6.07, 6.45) is 1.95. The Balaban J connectivity index is 1.70. The number of nitrogens with zero attached hydrogens (tertiary/aromatic N) is 1. The largest absolute Gasteiger partial charge is 0.494 e. The molecule has 1 heterocycles. The maximum atomic E-state index is 13.0. The van der Waals surface area contributed by atoms with Crippen LogP contribution in [0.25, 0.3) is 0 Å². The topological polar surface area (TPSA) is 84.7 Å². The number of hydrogen-bond donors (Lipinski definition) is 2. The average molecular weight is 367 g/mol. The predicted octanol–water partition coefficient (Wildman–Crippen LogP) is 3.23. The number of urea groups is 1. The Bertz CT molecular complexity index is 787. The molecule has 0 saturated carbocycles. The number of carbonyl (C=O) groups is 2. The maximum Gasteiger partial charge on any atom is 0.312 e. The first-order valence-electron chi connectivity index (χ1n) is 9.24. The lowest BCUT2D eigenvalue weighted by molar-refractivity contribution is 0.0735. The van der Waals surface area contributed by atoms with Gasteiger partial charge in [0.15, 0.2) is 0 Å². The van der Waals surface area contributed by atoms with Gasteiger partial charge in [0.05, 0.1) is 12.6 Å². The van der Waals surface area contributed by atoms with Crippen LogP contribution in [0.5, 0.6) is 5.75 Å². The van der Waals surface area contributed by atoms with E-state index in [9.17, 15) is 9.59 Å². The summed E-state index contributed by atoms with van der Waals surface area (Å²) in [5, 5.41) is 2.54. The van der Waals surface area contributed by atoms with Gasteiger partial charge >= 0.3 is 6.03 Å². The summed E-state index contributed by atoms with van der Waals surface area (Å²) in [7, 11) is 0. The molecule has 0 bridgehead atoms. The summed E-state index contributed by atoms with van der Waals surface area (Å²) in [6.45, 7) is 3.70. The van der Waals surface area contributed by atoms with Crippen molar-refractivity contribution in [3.05, 3.63) is 65.2 Å². The molecule has 3 amide bonds. The van der Waals surface area contributed by atoms with Gasteiger partial charge in [0.25, 0.3) is 5.91 Å². The highest BCUT2D eigenvalue weighted by Gasteiger charge is 2.30. The maximum absolute atomic E-state index is 13.0. The summed E-state index contributed by atoms with van der Waals surface area (Å²) < 4.78 is 5.50. The van der Waals surface area contributed by atoms with Crippen LogP contribution in [-0.4, -0.2) is 30.0 Å². The van der Waals surface area contributed by atoms with Crippen molar-refractivity contribution < 1.29 is 14.3 Å². The smallest absolute Gasteiger partial charge is 0.312 e. The molecule has 0 aliphatic carbocycles. The number of carbonyl (C=O) groups excluding carboxylic acids is 2. The third-order valence-corrected chi connectivity index (χ3v) is 4.76. The second-order valence-electron chi connectivity index (χ2n) is 6.57. The molecule has 3 N–H and O–H groups in total. The van der Waals surface area contributed by atoms with Crippen molar-refractivity contribution >= 4 is 11.9 Å². The van der Waals surface area contributed by atoms with Crippen LogP contribution in [0.4, 0.5) is 4.79 Å². The van der Waals surface area contributed by atoms with Crippen LogP contribution in [0.15, 0.2) is 48.5 Å². The highest BCUT2D eigenvalue weighted by molar-refractivity contribution is 5.94. The minimum atomic E-state index is -0.564. The van der Waals surface area contributed by atoms with Crippen molar-refractivity contribution in [2.24, 2.45) is 5.73 Å². The molecule has 3 rings (SSSR count). The molecule has 1 aliphatic heterocycles. The molecule has 1 unspecified atom stereocenters. The average Bonchev–Trinajstić information content (AvgIpc) is 3.17. The van der Waals surface area contributed by atoms with Gasteiger partial charge in [-0.15, -0.1) is 0 Å². The molecule has 0 radical (unpaired) electrons. The fraction of sp³-hybridized carbons (Fsp3) is 0.333. The number of primary amides is 1. The number of amides is 3. The summed E-state index contributed by atoms with van der Waals surface area (Å²) >= 11 is 0. The van der Waals surface area contributed by atoms with Gasteiger partial charge in [-0.1, -0.05) is 24.3 Å². The molecule has 0 aromatic heterocycles. The molecule has 6 heteroatoms. The quantitative estimate of drug-likeness (QED) is 0.822. The normalized spacial score (nSPS) is 16.2. The van der Waals surface area contributed by atoms with Gasteiger partial charge in [0.2, 0.25) is 0 Å². The van der Waals surface area contributed by atoms with Crippen LogP contribution in [0.1, 0.15) is 47.3 Å². The van der Waals surface area contributed by atoms with Gasteiger partial charge in [0, 0.05) is 18.7 Å². The highest BCUT2D eigenvalue weighted by Crippen LogP contribution is 2.34. The Labute approximate surface area is 159 Å². The molecule has 0 spiro atoms. The summed E-state index contributed by atoms with van der Waals surface area (Å²) in [4.78, 5) is 25.7. The minimum Gasteiger partial charge on any atom is -0.494 e. The number of hydrogen-bond acceptors (Lipinski definition) is 3. The van der Waals surface area contributed by atoms with Crippen molar-refractivity contribution in [1.82, 2.24) is 10.2 Å². The van der Waals surface area contributed by atoms with Crippen LogP contribution >= 0.6 is 0 Å². The number of likely N-dealkylation sites (tertiary alicyclic amines) is 1. The van der Waals surface area contributed by atoms with E-state index in [1.165, 1.54) is 0 Å². The van der Waals surface area contributed by atoms with Crippen LogP contribution in [-0.2, 0) is 6.54 Å². The van der Waals surface area contributed by atoms with Gasteiger partial charge in [-0.25, -0.2) is 4.79 Å². The number of nitrogens with one attached hydrogen (secondary N) is 1. The Hall–Kier alpha value is -3.02. The fourth-order valence-electron chi connectivity index (χ4n) is 3.43.